The van der Waals surface area contributed by atoms with Gasteiger partial charge >= 0.3 is 0 Å². The minimum atomic E-state index is -2.29. The molecule has 6 aromatic rings. The fourth-order valence-corrected chi connectivity index (χ4v) is 8.87. The number of pyridine rings is 3. The molecule has 4 aromatic heterocycles. The average molecular weight is 861 g/mol. The first kappa shape index (κ1) is 30.2. The molecule has 1 radical (unpaired) electrons. The largest absolute Gasteiger partial charge is 0.486 e. The number of aryl methyl sites for hydroxylation is 3. The maximum atomic E-state index is 8.93. The van der Waals surface area contributed by atoms with Crippen molar-refractivity contribution in [1.29, 1.82) is 0 Å². The van der Waals surface area contributed by atoms with E-state index in [0.29, 0.717) is 22.6 Å². The summed E-state index contributed by atoms with van der Waals surface area (Å²) in [7, 11) is -1.53. The maximum absolute atomic E-state index is 8.93. The van der Waals surface area contributed by atoms with Gasteiger partial charge in [-0.05, 0) is 72.7 Å². The molecule has 0 amide bonds. The van der Waals surface area contributed by atoms with Gasteiger partial charge in [0.25, 0.3) is 0 Å². The Bertz CT molecular complexity index is 2320. The number of hydrogen-bond acceptors (Lipinski definition) is 4. The number of nitrogens with zero attached hydrogens (tertiary/aromatic N) is 3. The van der Waals surface area contributed by atoms with Crippen molar-refractivity contribution in [2.75, 3.05) is 0 Å². The van der Waals surface area contributed by atoms with Crippen LogP contribution in [0.25, 0.3) is 44.6 Å². The van der Waals surface area contributed by atoms with E-state index in [1.165, 1.54) is 54.5 Å². The van der Waals surface area contributed by atoms with E-state index < -0.39 is 26.7 Å². The summed E-state index contributed by atoms with van der Waals surface area (Å²) in [5.41, 5.74) is 9.30. The van der Waals surface area contributed by atoms with Gasteiger partial charge in [0, 0.05) is 50.4 Å². The number of aromatic nitrogens is 3. The first-order valence-corrected chi connectivity index (χ1v) is 21.3. The molecule has 0 bridgehead atoms. The molecule has 1 fully saturated rings. The Morgan fingerprint density at radius 3 is 2.46 bits per heavy atom. The molecule has 0 unspecified atom stereocenters. The summed E-state index contributed by atoms with van der Waals surface area (Å²) in [6.07, 6.45) is 13.7. The standard InChI is InChI=1S/C23H21N2O.C21H28NSi.Ir/c1-15-10-11-19-18-8-5-9-20(22(18)26-23(19)25-15)21-14-17(12-13-24-21)16-6-3-2-4-7-16;1-15(2)19-13-20(22-14-21(19)23(3,4)5)18-11-10-16-8-6-7-9-17(16)12-18;/h5,8,10-14,16H,2-4,6-7H2,1H3;10,12-15H,6-9H2,1-5H3;/q2*-1;/i1D3,16D;15D;. The third-order valence-corrected chi connectivity index (χ3v) is 12.0. The summed E-state index contributed by atoms with van der Waals surface area (Å²) in [6.45, 7) is 8.64. The molecule has 6 heteroatoms. The van der Waals surface area contributed by atoms with Crippen LogP contribution in [0.15, 0.2) is 71.4 Å². The van der Waals surface area contributed by atoms with Crippen molar-refractivity contribution < 1.29 is 31.4 Å². The minimum Gasteiger partial charge on any atom is -0.486 e. The topological polar surface area (TPSA) is 51.8 Å². The third-order valence-electron chi connectivity index (χ3n) is 9.98. The summed E-state index contributed by atoms with van der Waals surface area (Å²) in [6, 6.07) is 24.1. The summed E-state index contributed by atoms with van der Waals surface area (Å²) in [5, 5.41) is 2.90. The van der Waals surface area contributed by atoms with Crippen LogP contribution >= 0.6 is 0 Å². The average Bonchev–Trinajstić information content (AvgIpc) is 3.52. The number of rotatable bonds is 5. The van der Waals surface area contributed by atoms with Crippen molar-refractivity contribution in [2.24, 2.45) is 0 Å². The van der Waals surface area contributed by atoms with E-state index in [2.05, 4.69) is 59.9 Å². The minimum absolute atomic E-state index is 0. The SMILES string of the molecule is [2H]C(C)(C)c1cc(-c2[c-]cc3c(c2)CCCC3)ncc1[Si](C)(C)C.[2H]C([2H])([2H])c1ccc2c(n1)oc1c(-c3cc(C4([2H])CCCCC4)ccn3)[c-]ccc12.[Ir]. The fraction of sp³-hybridized carbons (Fsp3) is 0.386. The Balaban J connectivity index is 0.000000188. The quantitative estimate of drug-likeness (QED) is 0.128. The Hall–Kier alpha value is -3.44. The zero-order valence-electron chi connectivity index (χ0n) is 34.8. The Morgan fingerprint density at radius 2 is 1.70 bits per heavy atom. The second-order valence-electron chi connectivity index (χ2n) is 14.8. The Labute approximate surface area is 320 Å². The predicted molar refractivity (Wildman–Crippen MR) is 206 cm³/mol. The molecular formula is C44H49IrN3OSi-2. The smallest absolute Gasteiger partial charge is 0.216 e. The van der Waals surface area contributed by atoms with E-state index in [9.17, 15) is 0 Å². The van der Waals surface area contributed by atoms with Gasteiger partial charge in [0.05, 0.1) is 13.7 Å². The number of furan rings is 1. The van der Waals surface area contributed by atoms with E-state index in [4.69, 9.17) is 16.3 Å². The normalized spacial score (nSPS) is 17.6. The molecule has 261 valence electrons. The van der Waals surface area contributed by atoms with Crippen LogP contribution in [0.5, 0.6) is 0 Å². The molecule has 8 rings (SSSR count). The van der Waals surface area contributed by atoms with E-state index in [1.54, 1.807) is 12.3 Å². The molecule has 0 N–H and O–H groups in total. The number of benzene rings is 2. The molecule has 4 heterocycles. The predicted octanol–water partition coefficient (Wildman–Crippen LogP) is 11.3. The van der Waals surface area contributed by atoms with Crippen LogP contribution < -0.4 is 5.19 Å². The summed E-state index contributed by atoms with van der Waals surface area (Å²) >= 11 is 0. The molecule has 0 saturated heterocycles. The van der Waals surface area contributed by atoms with E-state index in [1.807, 2.05) is 44.3 Å². The molecule has 1 saturated carbocycles. The van der Waals surface area contributed by atoms with Gasteiger partial charge in [-0.1, -0.05) is 106 Å². The monoisotopic (exact) mass is 861 g/mol. The maximum Gasteiger partial charge on any atom is 0.216 e. The number of hydrogen-bond donors (Lipinski definition) is 0. The molecule has 2 aliphatic carbocycles. The van der Waals surface area contributed by atoms with Crippen molar-refractivity contribution >= 4 is 35.3 Å². The van der Waals surface area contributed by atoms with Gasteiger partial charge in [0.15, 0.2) is 0 Å². The van der Waals surface area contributed by atoms with Crippen LogP contribution in [0, 0.1) is 19.0 Å². The third kappa shape index (κ3) is 7.73. The van der Waals surface area contributed by atoms with Gasteiger partial charge in [0.1, 0.15) is 0 Å². The van der Waals surface area contributed by atoms with Gasteiger partial charge in [0.2, 0.25) is 5.71 Å². The molecular weight excluding hydrogens is 807 g/mol. The van der Waals surface area contributed by atoms with Gasteiger partial charge in [-0.3, -0.25) is 0 Å². The van der Waals surface area contributed by atoms with Crippen LogP contribution in [0.4, 0.5) is 0 Å². The molecule has 4 nitrogen and oxygen atoms in total. The second-order valence-corrected chi connectivity index (χ2v) is 19.8. The van der Waals surface area contributed by atoms with Crippen molar-refractivity contribution in [3.8, 4) is 22.5 Å². The van der Waals surface area contributed by atoms with E-state index in [0.717, 1.165) is 58.8 Å². The molecule has 2 aromatic carbocycles. The van der Waals surface area contributed by atoms with Crippen LogP contribution in [-0.2, 0) is 32.9 Å². The fourth-order valence-electron chi connectivity index (χ4n) is 7.29. The Morgan fingerprint density at radius 1 is 0.900 bits per heavy atom. The summed E-state index contributed by atoms with van der Waals surface area (Å²) in [4.78, 5) is 13.5. The van der Waals surface area contributed by atoms with Crippen molar-refractivity contribution in [3.63, 3.8) is 0 Å². The van der Waals surface area contributed by atoms with Crippen LogP contribution in [-0.4, -0.2) is 23.0 Å². The van der Waals surface area contributed by atoms with Gasteiger partial charge in [-0.15, -0.1) is 53.1 Å². The van der Waals surface area contributed by atoms with Crippen molar-refractivity contribution in [2.45, 2.75) is 110 Å². The van der Waals surface area contributed by atoms with Crippen LogP contribution in [0.1, 0.15) is 105 Å². The van der Waals surface area contributed by atoms with Crippen LogP contribution in [0.3, 0.4) is 0 Å². The second kappa shape index (κ2) is 15.4. The molecule has 0 atom stereocenters. The zero-order chi connectivity index (χ0) is 38.5. The molecule has 0 spiro atoms. The van der Waals surface area contributed by atoms with E-state index in [-0.39, 0.29) is 25.8 Å². The van der Waals surface area contributed by atoms with E-state index >= 15 is 0 Å². The zero-order valence-corrected chi connectivity index (χ0v) is 33.2. The first-order chi connectivity index (χ1) is 25.5. The van der Waals surface area contributed by atoms with Crippen molar-refractivity contribution in [3.05, 3.63) is 107 Å². The van der Waals surface area contributed by atoms with Crippen molar-refractivity contribution in [1.82, 2.24) is 15.0 Å². The van der Waals surface area contributed by atoms with Gasteiger partial charge in [-0.2, -0.15) is 0 Å². The Kier molecular flexibility index (Phi) is 9.32. The summed E-state index contributed by atoms with van der Waals surface area (Å²) < 4.78 is 46.3. The van der Waals surface area contributed by atoms with Crippen LogP contribution in [0.2, 0.25) is 19.6 Å². The summed E-state index contributed by atoms with van der Waals surface area (Å²) in [5.74, 6) is -1.19. The first-order valence-electron chi connectivity index (χ1n) is 20.3. The number of fused-ring (bicyclic) bond motifs is 4. The van der Waals surface area contributed by atoms with Gasteiger partial charge < -0.3 is 14.4 Å². The molecule has 0 aliphatic heterocycles. The van der Waals surface area contributed by atoms with Gasteiger partial charge in [-0.25, -0.2) is 4.98 Å². The molecule has 50 heavy (non-hydrogen) atoms. The molecule has 2 aliphatic rings.